The van der Waals surface area contributed by atoms with E-state index in [1.807, 2.05) is 182 Å². The fourth-order valence-electron chi connectivity index (χ4n) is 8.25. The number of carbonyl (C=O) groups excluding carboxylic acids is 2. The van der Waals surface area contributed by atoms with Gasteiger partial charge in [-0.15, -0.1) is 0 Å². The van der Waals surface area contributed by atoms with Crippen molar-refractivity contribution in [2.45, 2.75) is 102 Å². The van der Waals surface area contributed by atoms with Crippen LogP contribution in [0.1, 0.15) is 40.3 Å². The van der Waals surface area contributed by atoms with Crippen molar-refractivity contribution in [2.75, 3.05) is 13.2 Å². The first kappa shape index (κ1) is 48.6. The fourth-order valence-corrected chi connectivity index (χ4v) is 8.25. The molecule has 8 rings (SSSR count). The van der Waals surface area contributed by atoms with Crippen molar-refractivity contribution in [3.05, 3.63) is 215 Å². The highest BCUT2D eigenvalue weighted by Gasteiger charge is 2.53. The number of rotatable bonds is 23. The minimum Gasteiger partial charge on any atom is -0.374 e. The van der Waals surface area contributed by atoms with Crippen molar-refractivity contribution in [1.29, 1.82) is 0 Å². The number of amides is 1. The van der Waals surface area contributed by atoms with Gasteiger partial charge in [-0.25, -0.2) is 0 Å². The first-order valence-corrected chi connectivity index (χ1v) is 23.1. The lowest BCUT2D eigenvalue weighted by molar-refractivity contribution is -0.325. The van der Waals surface area contributed by atoms with Crippen LogP contribution in [0.15, 0.2) is 182 Å². The Kier molecular flexibility index (Phi) is 18.2. The number of hydrogen-bond donors (Lipinski definition) is 1. The zero-order valence-corrected chi connectivity index (χ0v) is 38.2. The van der Waals surface area contributed by atoms with Gasteiger partial charge >= 0.3 is 0 Å². The number of nitrogens with one attached hydrogen (secondary N) is 1. The van der Waals surface area contributed by atoms with Crippen LogP contribution in [0.4, 0.5) is 0 Å². The minimum absolute atomic E-state index is 0.00399. The van der Waals surface area contributed by atoms with Crippen molar-refractivity contribution in [3.8, 4) is 0 Å². The van der Waals surface area contributed by atoms with Gasteiger partial charge in [-0.05, 0) is 33.4 Å². The Balaban J connectivity index is 1.14. The maximum Gasteiger partial charge on any atom is 0.221 e. The average Bonchev–Trinajstić information content (AvgIpc) is 3.38. The van der Waals surface area contributed by atoms with Crippen LogP contribution in [0.25, 0.3) is 0 Å². The van der Waals surface area contributed by atoms with Crippen LogP contribution >= 0.6 is 0 Å². The Labute approximate surface area is 398 Å². The summed E-state index contributed by atoms with van der Waals surface area (Å²) in [5, 5.41) is 3.05. The molecule has 2 aliphatic rings. The highest BCUT2D eigenvalue weighted by molar-refractivity contribution is 5.87. The lowest BCUT2D eigenvalue weighted by Crippen LogP contribution is -2.68. The van der Waals surface area contributed by atoms with E-state index in [1.165, 1.54) is 6.92 Å². The van der Waals surface area contributed by atoms with Gasteiger partial charge in [-0.2, -0.15) is 0 Å². The van der Waals surface area contributed by atoms with Gasteiger partial charge in [0.1, 0.15) is 36.6 Å². The van der Waals surface area contributed by atoms with Crippen LogP contribution in [0, 0.1) is 0 Å². The molecule has 1 amide bonds. The maximum atomic E-state index is 15.2. The number of hydrogen-bond acceptors (Lipinski definition) is 11. The highest BCUT2D eigenvalue weighted by atomic mass is 16.7. The summed E-state index contributed by atoms with van der Waals surface area (Å²) in [6, 6.07) is 57.4. The second-order valence-electron chi connectivity index (χ2n) is 16.8. The summed E-state index contributed by atoms with van der Waals surface area (Å²) < 4.78 is 59.7. The summed E-state index contributed by atoms with van der Waals surface area (Å²) in [5.41, 5.74) is 5.49. The third kappa shape index (κ3) is 14.1. The van der Waals surface area contributed by atoms with Crippen molar-refractivity contribution in [3.63, 3.8) is 0 Å². The molecule has 6 aromatic rings. The molecule has 0 aromatic heterocycles. The van der Waals surface area contributed by atoms with E-state index in [9.17, 15) is 4.79 Å². The SMILES string of the molecule is CC(=O)N[C@H]1[C@@H](OCc2ccccc2)O[C@H](COCc2ccccc2)[C@@H](O[C@@H]2O[C@H](COCc3ccccc3)[C@@H](OCc3ccccc3)[C@H](OCc3ccccc3)C2=O)[C@@H]1OCc1ccccc1. The maximum absolute atomic E-state index is 15.2. The van der Waals surface area contributed by atoms with Crippen molar-refractivity contribution in [1.82, 2.24) is 5.32 Å². The predicted octanol–water partition coefficient (Wildman–Crippen LogP) is 8.30. The topological polar surface area (TPSA) is 129 Å². The van der Waals surface area contributed by atoms with Crippen LogP contribution in [0.2, 0.25) is 0 Å². The summed E-state index contributed by atoms with van der Waals surface area (Å²) in [6.45, 7) is 2.63. The van der Waals surface area contributed by atoms with Gasteiger partial charge in [0.05, 0.1) is 52.9 Å². The Morgan fingerprint density at radius 1 is 0.456 bits per heavy atom. The Morgan fingerprint density at radius 2 is 0.824 bits per heavy atom. The first-order valence-electron chi connectivity index (χ1n) is 23.1. The molecule has 0 spiro atoms. The monoisotopic (exact) mass is 921 g/mol. The molecule has 9 atom stereocenters. The number of carbonyl (C=O) groups is 2. The third-order valence-electron chi connectivity index (χ3n) is 11.7. The quantitative estimate of drug-likeness (QED) is 0.0667. The first-order chi connectivity index (χ1) is 33.5. The van der Waals surface area contributed by atoms with Crippen molar-refractivity contribution < 1.29 is 52.2 Å². The van der Waals surface area contributed by atoms with E-state index in [0.717, 1.165) is 33.4 Å². The molecule has 0 aliphatic carbocycles. The minimum atomic E-state index is -1.52. The number of ether oxygens (including phenoxy) is 9. The van der Waals surface area contributed by atoms with Gasteiger partial charge in [-0.3, -0.25) is 9.59 Å². The number of benzene rings is 6. The second-order valence-corrected chi connectivity index (χ2v) is 16.8. The van der Waals surface area contributed by atoms with Gasteiger partial charge < -0.3 is 47.9 Å². The summed E-state index contributed by atoms with van der Waals surface area (Å²) in [6.07, 6.45) is -8.38. The van der Waals surface area contributed by atoms with E-state index < -0.39 is 61.0 Å². The van der Waals surface area contributed by atoms with Gasteiger partial charge in [-0.1, -0.05) is 182 Å². The molecular weight excluding hydrogens is 863 g/mol. The molecule has 2 aliphatic heterocycles. The third-order valence-corrected chi connectivity index (χ3v) is 11.7. The van der Waals surface area contributed by atoms with Crippen LogP contribution in [-0.4, -0.2) is 80.1 Å². The second kappa shape index (κ2) is 25.5. The Hall–Kier alpha value is -5.90. The van der Waals surface area contributed by atoms with Gasteiger partial charge in [0.2, 0.25) is 18.0 Å². The van der Waals surface area contributed by atoms with E-state index in [2.05, 4.69) is 5.32 Å². The standard InChI is InChI=1S/C56H59NO11/c1-40(58)57-49-53(63-35-44-26-14-5-15-27-44)52(48(39-61-33-42-22-10-3-11-23-42)66-55(49)65-37-46-30-18-7-19-31-46)68-56-50(59)54(64-36-45-28-16-6-17-29-45)51(62-34-43-24-12-4-13-25-43)47(67-56)38-60-32-41-20-8-2-9-21-41/h2-31,47-49,51-56H,32-39H2,1H3,(H,57,58)/t47-,48-,49-,51-,52-,53-,54-,55+,56+/m1/s1. The van der Waals surface area contributed by atoms with E-state index >= 15 is 4.79 Å². The fraction of sp³-hybridized carbons (Fsp3) is 0.321. The molecule has 1 N–H and O–H groups in total. The normalized spacial score (nSPS) is 23.8. The van der Waals surface area contributed by atoms with E-state index in [-0.39, 0.29) is 58.8 Å². The average molecular weight is 922 g/mol. The molecule has 354 valence electrons. The smallest absolute Gasteiger partial charge is 0.221 e. The molecule has 0 saturated carbocycles. The van der Waals surface area contributed by atoms with E-state index in [0.29, 0.717) is 0 Å². The van der Waals surface area contributed by atoms with Gasteiger partial charge in [0, 0.05) is 6.92 Å². The van der Waals surface area contributed by atoms with Crippen LogP contribution < -0.4 is 5.32 Å². The molecular formula is C56H59NO11. The van der Waals surface area contributed by atoms with Crippen LogP contribution in [-0.2, 0) is 91.9 Å². The van der Waals surface area contributed by atoms with E-state index in [1.54, 1.807) is 0 Å². The summed E-state index contributed by atoms with van der Waals surface area (Å²) >= 11 is 0. The Morgan fingerprint density at radius 3 is 1.25 bits per heavy atom. The largest absolute Gasteiger partial charge is 0.374 e. The van der Waals surface area contributed by atoms with Crippen LogP contribution in [0.5, 0.6) is 0 Å². The molecule has 2 saturated heterocycles. The summed E-state index contributed by atoms with van der Waals surface area (Å²) in [7, 11) is 0. The molecule has 2 fully saturated rings. The predicted molar refractivity (Wildman–Crippen MR) is 253 cm³/mol. The summed E-state index contributed by atoms with van der Waals surface area (Å²) in [5.74, 6) is -0.839. The van der Waals surface area contributed by atoms with Gasteiger partial charge in [0.25, 0.3) is 0 Å². The lowest BCUT2D eigenvalue weighted by Gasteiger charge is -2.48. The van der Waals surface area contributed by atoms with Crippen molar-refractivity contribution >= 4 is 11.7 Å². The molecule has 6 aromatic carbocycles. The molecule has 0 unspecified atom stereocenters. The molecule has 0 radical (unpaired) electrons. The zero-order valence-electron chi connectivity index (χ0n) is 38.2. The van der Waals surface area contributed by atoms with Crippen molar-refractivity contribution in [2.24, 2.45) is 0 Å². The number of ketones is 1. The van der Waals surface area contributed by atoms with Gasteiger partial charge in [0.15, 0.2) is 12.4 Å². The highest BCUT2D eigenvalue weighted by Crippen LogP contribution is 2.33. The zero-order chi connectivity index (χ0) is 46.8. The van der Waals surface area contributed by atoms with Crippen LogP contribution in [0.3, 0.4) is 0 Å². The Bertz CT molecular complexity index is 2380. The molecule has 68 heavy (non-hydrogen) atoms. The lowest BCUT2D eigenvalue weighted by atomic mass is 9.95. The molecule has 12 nitrogen and oxygen atoms in total. The molecule has 0 bridgehead atoms. The summed E-state index contributed by atoms with van der Waals surface area (Å²) in [4.78, 5) is 28.3. The number of Topliss-reactive ketones (excluding diaryl/α,β-unsaturated/α-hetero) is 1. The van der Waals surface area contributed by atoms with E-state index in [4.69, 9.17) is 42.6 Å². The molecule has 2 heterocycles. The molecule has 12 heteroatoms.